The quantitative estimate of drug-likeness (QED) is 0.914. The summed E-state index contributed by atoms with van der Waals surface area (Å²) < 4.78 is 14.8. The Bertz CT molecular complexity index is 465. The monoisotopic (exact) mass is 326 g/mol. The van der Waals surface area contributed by atoms with Gasteiger partial charge in [0.1, 0.15) is 5.82 Å². The molecule has 1 aromatic rings. The molecule has 3 unspecified atom stereocenters. The fraction of sp³-hybridized carbons (Fsp3) is 0.600. The summed E-state index contributed by atoms with van der Waals surface area (Å²) in [5.41, 5.74) is 0.755. The summed E-state index contributed by atoms with van der Waals surface area (Å²) in [5.74, 6) is -0.121. The number of benzene rings is 1. The van der Waals surface area contributed by atoms with Gasteiger partial charge in [-0.15, -0.1) is 0 Å². The summed E-state index contributed by atoms with van der Waals surface area (Å²) in [4.78, 5) is 2.57. The van der Waals surface area contributed by atoms with E-state index in [9.17, 15) is 4.39 Å². The van der Waals surface area contributed by atoms with E-state index in [1.807, 2.05) is 6.07 Å². The maximum Gasteiger partial charge on any atom is 0.128 e. The number of fused-ring (bicyclic) bond motifs is 1. The third-order valence-corrected chi connectivity index (χ3v) is 4.99. The van der Waals surface area contributed by atoms with E-state index < -0.39 is 0 Å². The zero-order valence-electron chi connectivity index (χ0n) is 11.2. The first-order valence-electron chi connectivity index (χ1n) is 7.10. The zero-order valence-corrected chi connectivity index (χ0v) is 12.8. The van der Waals surface area contributed by atoms with Crippen LogP contribution in [0.3, 0.4) is 0 Å². The average molecular weight is 327 g/mol. The van der Waals surface area contributed by atoms with Gasteiger partial charge in [-0.3, -0.25) is 4.90 Å². The molecular formula is C15H20BrFN2. The average Bonchev–Trinajstić information content (AvgIpc) is 2.97. The van der Waals surface area contributed by atoms with Crippen LogP contribution in [0, 0.1) is 5.82 Å². The minimum absolute atomic E-state index is 0.0584. The Morgan fingerprint density at radius 2 is 2.21 bits per heavy atom. The van der Waals surface area contributed by atoms with E-state index in [-0.39, 0.29) is 11.9 Å². The van der Waals surface area contributed by atoms with E-state index in [0.717, 1.165) is 10.0 Å². The lowest BCUT2D eigenvalue weighted by molar-refractivity contribution is 0.290. The lowest BCUT2D eigenvalue weighted by Crippen LogP contribution is -2.40. The van der Waals surface area contributed by atoms with E-state index in [1.54, 1.807) is 6.07 Å². The maximum absolute atomic E-state index is 13.9. The Balaban J connectivity index is 1.71. The molecule has 2 aliphatic heterocycles. The van der Waals surface area contributed by atoms with E-state index in [0.29, 0.717) is 12.1 Å². The van der Waals surface area contributed by atoms with Crippen molar-refractivity contribution in [2.24, 2.45) is 0 Å². The van der Waals surface area contributed by atoms with Gasteiger partial charge in [-0.25, -0.2) is 4.39 Å². The van der Waals surface area contributed by atoms with Crippen LogP contribution in [-0.2, 0) is 0 Å². The molecule has 104 valence electrons. The molecule has 0 amide bonds. The van der Waals surface area contributed by atoms with Gasteiger partial charge < -0.3 is 5.32 Å². The normalized spacial score (nSPS) is 28.6. The minimum atomic E-state index is -0.121. The van der Waals surface area contributed by atoms with Crippen molar-refractivity contribution in [3.8, 4) is 0 Å². The largest absolute Gasteiger partial charge is 0.306 e. The van der Waals surface area contributed by atoms with Crippen molar-refractivity contribution in [3.63, 3.8) is 0 Å². The third-order valence-electron chi connectivity index (χ3n) is 4.49. The van der Waals surface area contributed by atoms with Gasteiger partial charge >= 0.3 is 0 Å². The van der Waals surface area contributed by atoms with Gasteiger partial charge in [0.05, 0.1) is 0 Å². The van der Waals surface area contributed by atoms with Crippen LogP contribution in [0.5, 0.6) is 0 Å². The van der Waals surface area contributed by atoms with Crippen molar-refractivity contribution in [2.45, 2.75) is 44.3 Å². The van der Waals surface area contributed by atoms with Crippen molar-refractivity contribution >= 4 is 15.9 Å². The summed E-state index contributed by atoms with van der Waals surface area (Å²) in [5, 5.41) is 3.63. The molecule has 0 aliphatic carbocycles. The van der Waals surface area contributed by atoms with E-state index in [4.69, 9.17) is 0 Å². The summed E-state index contributed by atoms with van der Waals surface area (Å²) in [6.07, 6.45) is 3.78. The van der Waals surface area contributed by atoms with Crippen LogP contribution in [0.15, 0.2) is 22.7 Å². The number of hydrogen-bond acceptors (Lipinski definition) is 2. The molecule has 0 saturated carbocycles. The third kappa shape index (κ3) is 2.71. The number of nitrogens with zero attached hydrogens (tertiary/aromatic N) is 1. The number of hydrogen-bond donors (Lipinski definition) is 1. The molecule has 3 rings (SSSR count). The summed E-state index contributed by atoms with van der Waals surface area (Å²) in [7, 11) is 0. The highest BCUT2D eigenvalue weighted by Crippen LogP contribution is 2.30. The zero-order chi connectivity index (χ0) is 13.4. The molecule has 2 heterocycles. The van der Waals surface area contributed by atoms with Crippen molar-refractivity contribution in [3.05, 3.63) is 34.1 Å². The topological polar surface area (TPSA) is 15.3 Å². The van der Waals surface area contributed by atoms with Crippen molar-refractivity contribution < 1.29 is 4.39 Å². The summed E-state index contributed by atoms with van der Waals surface area (Å²) >= 11 is 3.42. The van der Waals surface area contributed by atoms with E-state index in [2.05, 4.69) is 33.1 Å². The fourth-order valence-corrected chi connectivity index (χ4v) is 3.91. The van der Waals surface area contributed by atoms with Gasteiger partial charge in [-0.2, -0.15) is 0 Å². The predicted molar refractivity (Wildman–Crippen MR) is 78.7 cm³/mol. The summed E-state index contributed by atoms with van der Waals surface area (Å²) in [6.45, 7) is 4.49. The van der Waals surface area contributed by atoms with Crippen LogP contribution >= 0.6 is 15.9 Å². The molecule has 0 aromatic heterocycles. The van der Waals surface area contributed by atoms with Crippen molar-refractivity contribution in [1.82, 2.24) is 10.2 Å². The van der Waals surface area contributed by atoms with Gasteiger partial charge in [0.25, 0.3) is 0 Å². The Kier molecular flexibility index (Phi) is 3.92. The lowest BCUT2D eigenvalue weighted by Gasteiger charge is -2.25. The Labute approximate surface area is 122 Å². The molecule has 1 N–H and O–H groups in total. The van der Waals surface area contributed by atoms with Crippen LogP contribution in [0.25, 0.3) is 0 Å². The van der Waals surface area contributed by atoms with Crippen molar-refractivity contribution in [2.75, 3.05) is 13.1 Å². The Hall–Kier alpha value is -0.450. The van der Waals surface area contributed by atoms with Gasteiger partial charge in [0.2, 0.25) is 0 Å². The first-order chi connectivity index (χ1) is 9.15. The Morgan fingerprint density at radius 1 is 1.37 bits per heavy atom. The molecule has 1 aromatic carbocycles. The van der Waals surface area contributed by atoms with E-state index in [1.165, 1.54) is 38.4 Å². The van der Waals surface area contributed by atoms with Gasteiger partial charge in [0, 0.05) is 34.7 Å². The molecule has 0 spiro atoms. The minimum Gasteiger partial charge on any atom is -0.306 e. The van der Waals surface area contributed by atoms with Gasteiger partial charge in [0.15, 0.2) is 0 Å². The Morgan fingerprint density at radius 3 is 3.05 bits per heavy atom. The first-order valence-corrected chi connectivity index (χ1v) is 7.89. The molecular weight excluding hydrogens is 307 g/mol. The van der Waals surface area contributed by atoms with Crippen LogP contribution in [0.1, 0.15) is 37.8 Å². The molecule has 19 heavy (non-hydrogen) atoms. The molecule has 4 heteroatoms. The molecule has 0 radical (unpaired) electrons. The molecule has 2 nitrogen and oxygen atoms in total. The molecule has 0 bridgehead atoms. The van der Waals surface area contributed by atoms with Crippen LogP contribution < -0.4 is 5.32 Å². The highest BCUT2D eigenvalue weighted by Gasteiger charge is 2.37. The molecule has 2 fully saturated rings. The van der Waals surface area contributed by atoms with E-state index >= 15 is 0 Å². The molecule has 2 aliphatic rings. The van der Waals surface area contributed by atoms with Gasteiger partial charge in [-0.05, 0) is 50.9 Å². The standard InChI is InChI=1S/C15H20BrFN2/c1-10(12-9-11(16)4-5-13(12)17)18-14-6-8-19-7-2-3-15(14)19/h4-5,9-10,14-15,18H,2-3,6-8H2,1H3. The molecule has 3 atom stereocenters. The second-order valence-corrected chi connectivity index (χ2v) is 6.61. The number of rotatable bonds is 3. The van der Waals surface area contributed by atoms with Crippen LogP contribution in [-0.4, -0.2) is 30.1 Å². The highest BCUT2D eigenvalue weighted by molar-refractivity contribution is 9.10. The lowest BCUT2D eigenvalue weighted by atomic mass is 10.0. The SMILES string of the molecule is CC(NC1CCN2CCCC12)c1cc(Br)ccc1F. The van der Waals surface area contributed by atoms with Gasteiger partial charge in [-0.1, -0.05) is 15.9 Å². The van der Waals surface area contributed by atoms with Crippen LogP contribution in [0.4, 0.5) is 4.39 Å². The summed E-state index contributed by atoms with van der Waals surface area (Å²) in [6, 6.07) is 6.40. The fourth-order valence-electron chi connectivity index (χ4n) is 3.53. The predicted octanol–water partition coefficient (Wildman–Crippen LogP) is 3.48. The van der Waals surface area contributed by atoms with Crippen molar-refractivity contribution in [1.29, 1.82) is 0 Å². The van der Waals surface area contributed by atoms with Crippen LogP contribution in [0.2, 0.25) is 0 Å². The second kappa shape index (κ2) is 5.51. The maximum atomic E-state index is 13.9. The molecule has 2 saturated heterocycles. The number of nitrogens with one attached hydrogen (secondary N) is 1. The highest BCUT2D eigenvalue weighted by atomic mass is 79.9. The smallest absolute Gasteiger partial charge is 0.128 e. The number of halogens is 2. The first kappa shape index (κ1) is 13.5. The second-order valence-electron chi connectivity index (χ2n) is 5.69.